The van der Waals surface area contributed by atoms with Gasteiger partial charge >= 0.3 is 0 Å². The van der Waals surface area contributed by atoms with Gasteiger partial charge in [0.2, 0.25) is 0 Å². The third-order valence-electron chi connectivity index (χ3n) is 4.07. The molecule has 0 aliphatic carbocycles. The van der Waals surface area contributed by atoms with Crippen LogP contribution in [0.3, 0.4) is 0 Å². The van der Waals surface area contributed by atoms with E-state index in [-0.39, 0.29) is 11.8 Å². The second-order valence-electron chi connectivity index (χ2n) is 6.25. The smallest absolute Gasteiger partial charge is 0.271 e. The Bertz CT molecular complexity index is 1030. The molecule has 0 unspecified atom stereocenters. The highest BCUT2D eigenvalue weighted by Gasteiger charge is 2.09. The fourth-order valence-corrected chi connectivity index (χ4v) is 2.59. The summed E-state index contributed by atoms with van der Waals surface area (Å²) < 4.78 is 0. The Balaban J connectivity index is 1.60. The average molecular weight is 372 g/mol. The predicted octanol–water partition coefficient (Wildman–Crippen LogP) is 3.71. The molecule has 0 aliphatic rings. The van der Waals surface area contributed by atoms with Crippen molar-refractivity contribution in [2.45, 2.75) is 13.8 Å². The second-order valence-corrected chi connectivity index (χ2v) is 6.25. The van der Waals surface area contributed by atoms with Gasteiger partial charge < -0.3 is 5.32 Å². The molecule has 1 aromatic heterocycles. The Morgan fingerprint density at radius 1 is 0.893 bits per heavy atom. The number of benzene rings is 2. The van der Waals surface area contributed by atoms with Crippen LogP contribution in [0.15, 0.2) is 71.8 Å². The maximum atomic E-state index is 12.3. The molecular weight excluding hydrogens is 352 g/mol. The van der Waals surface area contributed by atoms with E-state index in [1.54, 1.807) is 36.4 Å². The molecule has 6 heteroatoms. The van der Waals surface area contributed by atoms with Crippen molar-refractivity contribution >= 4 is 23.7 Å². The number of anilines is 1. The summed E-state index contributed by atoms with van der Waals surface area (Å²) in [6, 6.07) is 19.5. The standard InChI is InChI=1S/C22H20N4O2/c1-15-6-3-4-9-20(15)22(28)25-18-12-10-17(11-13-18)21(27)26-23-14-19-8-5-7-16(2)24-19/h3-14H,1-2H3,(H,25,28)(H,26,27)/b23-14-. The zero-order valence-corrected chi connectivity index (χ0v) is 15.6. The van der Waals surface area contributed by atoms with E-state index in [2.05, 4.69) is 20.8 Å². The Hall–Kier alpha value is -3.80. The normalized spacial score (nSPS) is 10.6. The number of aryl methyl sites for hydroxylation is 2. The van der Waals surface area contributed by atoms with Gasteiger partial charge in [-0.05, 0) is 61.9 Å². The van der Waals surface area contributed by atoms with Gasteiger partial charge in [-0.15, -0.1) is 0 Å². The monoisotopic (exact) mass is 372 g/mol. The van der Waals surface area contributed by atoms with Crippen molar-refractivity contribution in [2.24, 2.45) is 5.10 Å². The van der Waals surface area contributed by atoms with Crippen LogP contribution in [0.2, 0.25) is 0 Å². The first-order valence-electron chi connectivity index (χ1n) is 8.77. The van der Waals surface area contributed by atoms with Gasteiger partial charge in [-0.1, -0.05) is 24.3 Å². The number of hydrogen-bond donors (Lipinski definition) is 2. The van der Waals surface area contributed by atoms with Crippen molar-refractivity contribution < 1.29 is 9.59 Å². The molecule has 3 aromatic rings. The van der Waals surface area contributed by atoms with Crippen molar-refractivity contribution in [3.63, 3.8) is 0 Å². The van der Waals surface area contributed by atoms with Crippen LogP contribution in [0.1, 0.15) is 37.7 Å². The minimum absolute atomic E-state index is 0.189. The van der Waals surface area contributed by atoms with E-state index >= 15 is 0 Å². The molecule has 1 heterocycles. The summed E-state index contributed by atoms with van der Waals surface area (Å²) in [5.41, 5.74) is 6.56. The molecule has 0 bridgehead atoms. The maximum absolute atomic E-state index is 12.3. The quantitative estimate of drug-likeness (QED) is 0.529. The fraction of sp³-hybridized carbons (Fsp3) is 0.0909. The molecule has 0 saturated carbocycles. The van der Waals surface area contributed by atoms with Gasteiger partial charge in [-0.25, -0.2) is 5.43 Å². The van der Waals surface area contributed by atoms with Gasteiger partial charge in [0.1, 0.15) is 0 Å². The van der Waals surface area contributed by atoms with Gasteiger partial charge in [0, 0.05) is 22.5 Å². The zero-order chi connectivity index (χ0) is 19.9. The summed E-state index contributed by atoms with van der Waals surface area (Å²) in [5, 5.41) is 6.75. The Morgan fingerprint density at radius 2 is 1.64 bits per heavy atom. The lowest BCUT2D eigenvalue weighted by Gasteiger charge is -2.08. The van der Waals surface area contributed by atoms with Crippen molar-refractivity contribution in [2.75, 3.05) is 5.32 Å². The topological polar surface area (TPSA) is 83.5 Å². The fourth-order valence-electron chi connectivity index (χ4n) is 2.59. The molecule has 0 fully saturated rings. The molecule has 0 radical (unpaired) electrons. The Kier molecular flexibility index (Phi) is 5.91. The van der Waals surface area contributed by atoms with Gasteiger partial charge in [0.25, 0.3) is 11.8 Å². The van der Waals surface area contributed by atoms with Gasteiger partial charge in [0.05, 0.1) is 11.9 Å². The van der Waals surface area contributed by atoms with Crippen molar-refractivity contribution in [1.29, 1.82) is 0 Å². The number of nitrogens with one attached hydrogen (secondary N) is 2. The van der Waals surface area contributed by atoms with Gasteiger partial charge in [-0.2, -0.15) is 5.10 Å². The van der Waals surface area contributed by atoms with Crippen LogP contribution in [-0.4, -0.2) is 23.0 Å². The van der Waals surface area contributed by atoms with Crippen LogP contribution < -0.4 is 10.7 Å². The van der Waals surface area contributed by atoms with E-state index in [9.17, 15) is 9.59 Å². The van der Waals surface area contributed by atoms with Gasteiger partial charge in [0.15, 0.2) is 0 Å². The summed E-state index contributed by atoms with van der Waals surface area (Å²) in [6.07, 6.45) is 1.49. The van der Waals surface area contributed by atoms with Crippen LogP contribution in [0.5, 0.6) is 0 Å². The van der Waals surface area contributed by atoms with Crippen LogP contribution in [-0.2, 0) is 0 Å². The largest absolute Gasteiger partial charge is 0.322 e. The molecular formula is C22H20N4O2. The van der Waals surface area contributed by atoms with Crippen molar-refractivity contribution in [3.05, 3.63) is 94.8 Å². The van der Waals surface area contributed by atoms with E-state index < -0.39 is 0 Å². The van der Waals surface area contributed by atoms with E-state index in [1.807, 2.05) is 44.2 Å². The van der Waals surface area contributed by atoms with E-state index in [4.69, 9.17) is 0 Å². The summed E-state index contributed by atoms with van der Waals surface area (Å²) >= 11 is 0. The van der Waals surface area contributed by atoms with Crippen molar-refractivity contribution in [3.8, 4) is 0 Å². The molecule has 6 nitrogen and oxygen atoms in total. The summed E-state index contributed by atoms with van der Waals surface area (Å²) in [5.74, 6) is -0.536. The highest BCUT2D eigenvalue weighted by Crippen LogP contribution is 2.13. The third-order valence-corrected chi connectivity index (χ3v) is 4.07. The van der Waals surface area contributed by atoms with E-state index in [0.717, 1.165) is 11.3 Å². The first kappa shape index (κ1) is 19.0. The number of rotatable bonds is 5. The number of aromatic nitrogens is 1. The molecule has 140 valence electrons. The highest BCUT2D eigenvalue weighted by atomic mass is 16.2. The number of pyridine rings is 1. The minimum Gasteiger partial charge on any atom is -0.322 e. The molecule has 0 spiro atoms. The summed E-state index contributed by atoms with van der Waals surface area (Å²) in [7, 11) is 0. The Morgan fingerprint density at radius 3 is 2.36 bits per heavy atom. The Labute approximate surface area is 163 Å². The van der Waals surface area contributed by atoms with E-state index in [1.165, 1.54) is 6.21 Å². The molecule has 2 amide bonds. The molecule has 3 rings (SSSR count). The molecule has 2 N–H and O–H groups in total. The van der Waals surface area contributed by atoms with Crippen LogP contribution in [0.4, 0.5) is 5.69 Å². The third kappa shape index (κ3) is 4.88. The van der Waals surface area contributed by atoms with Crippen LogP contribution in [0, 0.1) is 13.8 Å². The molecule has 0 atom stereocenters. The van der Waals surface area contributed by atoms with Crippen molar-refractivity contribution in [1.82, 2.24) is 10.4 Å². The summed E-state index contributed by atoms with van der Waals surface area (Å²) in [6.45, 7) is 3.77. The van der Waals surface area contributed by atoms with Gasteiger partial charge in [-0.3, -0.25) is 14.6 Å². The molecule has 0 saturated heterocycles. The average Bonchev–Trinajstić information content (AvgIpc) is 2.69. The number of carbonyl (C=O) groups is 2. The predicted molar refractivity (Wildman–Crippen MR) is 110 cm³/mol. The minimum atomic E-state index is -0.347. The second kappa shape index (κ2) is 8.73. The first-order valence-corrected chi connectivity index (χ1v) is 8.77. The zero-order valence-electron chi connectivity index (χ0n) is 15.6. The van der Waals surface area contributed by atoms with Crippen LogP contribution in [0.25, 0.3) is 0 Å². The SMILES string of the molecule is Cc1cccc(/C=N\NC(=O)c2ccc(NC(=O)c3ccccc3C)cc2)n1. The first-order chi connectivity index (χ1) is 13.5. The maximum Gasteiger partial charge on any atom is 0.271 e. The lowest BCUT2D eigenvalue weighted by Crippen LogP contribution is -2.18. The highest BCUT2D eigenvalue weighted by molar-refractivity contribution is 6.05. The number of hydrazone groups is 1. The van der Waals surface area contributed by atoms with E-state index in [0.29, 0.717) is 22.5 Å². The number of nitrogens with zero attached hydrogens (tertiary/aromatic N) is 2. The number of hydrogen-bond acceptors (Lipinski definition) is 4. The number of carbonyl (C=O) groups excluding carboxylic acids is 2. The summed E-state index contributed by atoms with van der Waals surface area (Å²) in [4.78, 5) is 28.8. The molecule has 0 aliphatic heterocycles. The van der Waals surface area contributed by atoms with Crippen LogP contribution >= 0.6 is 0 Å². The molecule has 2 aromatic carbocycles. The lowest BCUT2D eigenvalue weighted by molar-refractivity contribution is 0.0954. The lowest BCUT2D eigenvalue weighted by atomic mass is 10.1. The number of amides is 2. The molecule has 28 heavy (non-hydrogen) atoms.